The van der Waals surface area contributed by atoms with Crippen LogP contribution < -0.4 is 4.90 Å². The van der Waals surface area contributed by atoms with E-state index >= 15 is 0 Å². The van der Waals surface area contributed by atoms with Crippen molar-refractivity contribution in [1.29, 1.82) is 0 Å². The van der Waals surface area contributed by atoms with Crippen LogP contribution in [0.25, 0.3) is 0 Å². The van der Waals surface area contributed by atoms with Gasteiger partial charge in [-0.15, -0.1) is 0 Å². The highest BCUT2D eigenvalue weighted by Crippen LogP contribution is 2.37. The van der Waals surface area contributed by atoms with Gasteiger partial charge < -0.3 is 4.90 Å². The molecule has 1 fully saturated rings. The minimum atomic E-state index is -0.638. The fraction of sp³-hybridized carbons (Fsp3) is 0.385. The number of carbonyl (C=O) groups excluding carboxylic acids is 2. The second-order valence-corrected chi connectivity index (χ2v) is 6.21. The van der Waals surface area contributed by atoms with Crippen LogP contribution >= 0.6 is 11.8 Å². The summed E-state index contributed by atoms with van der Waals surface area (Å²) < 4.78 is 13.7. The molecule has 0 bridgehead atoms. The number of benzene rings is 1. The van der Waals surface area contributed by atoms with E-state index in [-0.39, 0.29) is 46.2 Å². The molecule has 1 aliphatic heterocycles. The molecule has 1 aliphatic rings. The molecule has 0 N–H and O–H groups in total. The molecular formula is C13H13FN2O4S. The minimum Gasteiger partial charge on any atom is -0.305 e. The molecule has 21 heavy (non-hydrogen) atoms. The molecule has 0 saturated carbocycles. The number of halogens is 1. The van der Waals surface area contributed by atoms with E-state index in [2.05, 4.69) is 0 Å². The first-order valence-electron chi connectivity index (χ1n) is 6.22. The van der Waals surface area contributed by atoms with Crippen molar-refractivity contribution in [2.24, 2.45) is 0 Å². The van der Waals surface area contributed by atoms with Gasteiger partial charge in [0, 0.05) is 36.8 Å². The predicted molar refractivity (Wildman–Crippen MR) is 76.8 cm³/mol. The van der Waals surface area contributed by atoms with Crippen LogP contribution in [0.1, 0.15) is 18.9 Å². The zero-order valence-electron chi connectivity index (χ0n) is 11.5. The van der Waals surface area contributed by atoms with Crippen LogP contribution in [0, 0.1) is 22.9 Å². The van der Waals surface area contributed by atoms with Gasteiger partial charge in [-0.1, -0.05) is 11.8 Å². The van der Waals surface area contributed by atoms with Crippen molar-refractivity contribution in [1.82, 2.24) is 0 Å². The summed E-state index contributed by atoms with van der Waals surface area (Å²) in [6.45, 7) is 2.96. The lowest BCUT2D eigenvalue weighted by Gasteiger charge is -2.19. The third-order valence-corrected chi connectivity index (χ3v) is 4.21. The summed E-state index contributed by atoms with van der Waals surface area (Å²) in [6.07, 6.45) is 0.108. The van der Waals surface area contributed by atoms with Crippen LogP contribution in [-0.2, 0) is 9.59 Å². The second kappa shape index (κ2) is 5.80. The van der Waals surface area contributed by atoms with E-state index in [0.29, 0.717) is 0 Å². The number of nitro groups is 1. The summed E-state index contributed by atoms with van der Waals surface area (Å²) in [5, 5.41) is 10.7. The number of amides is 1. The monoisotopic (exact) mass is 312 g/mol. The van der Waals surface area contributed by atoms with Gasteiger partial charge in [-0.3, -0.25) is 19.7 Å². The maximum Gasteiger partial charge on any atom is 0.293 e. The fourth-order valence-corrected chi connectivity index (χ4v) is 3.27. The van der Waals surface area contributed by atoms with Crippen molar-refractivity contribution in [2.75, 3.05) is 11.4 Å². The van der Waals surface area contributed by atoms with Crippen LogP contribution in [0.5, 0.6) is 0 Å². The van der Waals surface area contributed by atoms with Crippen LogP contribution in [-0.4, -0.2) is 27.7 Å². The van der Waals surface area contributed by atoms with E-state index in [0.717, 1.165) is 23.9 Å². The Labute approximate surface area is 124 Å². The summed E-state index contributed by atoms with van der Waals surface area (Å²) in [7, 11) is 0. The fourth-order valence-electron chi connectivity index (χ4n) is 2.35. The lowest BCUT2D eigenvalue weighted by molar-refractivity contribution is -0.384. The van der Waals surface area contributed by atoms with E-state index < -0.39 is 10.7 Å². The highest BCUT2D eigenvalue weighted by molar-refractivity contribution is 8.14. The Hall–Kier alpha value is -1.96. The Morgan fingerprint density at radius 3 is 2.76 bits per heavy atom. The molecule has 1 heterocycles. The van der Waals surface area contributed by atoms with Gasteiger partial charge in [0.05, 0.1) is 4.92 Å². The van der Waals surface area contributed by atoms with E-state index in [1.165, 1.54) is 18.7 Å². The molecule has 1 atom stereocenters. The van der Waals surface area contributed by atoms with Gasteiger partial charge in [-0.25, -0.2) is 4.39 Å². The molecule has 0 radical (unpaired) electrons. The Balaban J connectivity index is 2.42. The van der Waals surface area contributed by atoms with E-state index in [1.807, 2.05) is 0 Å². The van der Waals surface area contributed by atoms with Crippen molar-refractivity contribution in [2.45, 2.75) is 25.5 Å². The molecule has 8 heteroatoms. The normalized spacial score (nSPS) is 18.1. The molecule has 1 amide bonds. The Morgan fingerprint density at radius 1 is 1.52 bits per heavy atom. The number of carbonyl (C=O) groups is 2. The molecule has 0 aromatic heterocycles. The Bertz CT molecular complexity index is 635. The number of hydrogen-bond acceptors (Lipinski definition) is 5. The number of rotatable bonds is 3. The maximum absolute atomic E-state index is 13.7. The summed E-state index contributed by atoms with van der Waals surface area (Å²) >= 11 is 1.02. The molecule has 1 aromatic rings. The van der Waals surface area contributed by atoms with Gasteiger partial charge in [0.15, 0.2) is 5.12 Å². The molecule has 2 rings (SSSR count). The summed E-state index contributed by atoms with van der Waals surface area (Å²) in [6, 6.07) is 2.07. The number of nitro benzene ring substituents is 1. The summed E-state index contributed by atoms with van der Waals surface area (Å²) in [4.78, 5) is 34.8. The van der Waals surface area contributed by atoms with Crippen LogP contribution in [0.4, 0.5) is 15.8 Å². The lowest BCUT2D eigenvalue weighted by atomic mass is 10.1. The topological polar surface area (TPSA) is 80.5 Å². The number of thioether (sulfide) groups is 1. The Kier molecular flexibility index (Phi) is 4.26. The van der Waals surface area contributed by atoms with Crippen LogP contribution in [0.3, 0.4) is 0 Å². The van der Waals surface area contributed by atoms with Crippen molar-refractivity contribution >= 4 is 34.2 Å². The van der Waals surface area contributed by atoms with Crippen molar-refractivity contribution in [3.8, 4) is 0 Å². The number of nitrogens with zero attached hydrogens (tertiary/aromatic N) is 2. The minimum absolute atomic E-state index is 0.0170. The summed E-state index contributed by atoms with van der Waals surface area (Å²) in [5.41, 5.74) is -0.265. The molecule has 6 nitrogen and oxygen atoms in total. The first kappa shape index (κ1) is 15.4. The van der Waals surface area contributed by atoms with Crippen molar-refractivity contribution in [3.63, 3.8) is 0 Å². The quantitative estimate of drug-likeness (QED) is 0.632. The highest BCUT2D eigenvalue weighted by Gasteiger charge is 2.36. The third kappa shape index (κ3) is 3.05. The molecule has 0 aliphatic carbocycles. The zero-order chi connectivity index (χ0) is 15.7. The molecule has 1 saturated heterocycles. The van der Waals surface area contributed by atoms with Gasteiger partial charge in [0.2, 0.25) is 5.91 Å². The van der Waals surface area contributed by atoms with Gasteiger partial charge in [-0.05, 0) is 13.0 Å². The van der Waals surface area contributed by atoms with Gasteiger partial charge in [-0.2, -0.15) is 0 Å². The van der Waals surface area contributed by atoms with E-state index in [9.17, 15) is 24.1 Å². The zero-order valence-corrected chi connectivity index (χ0v) is 12.3. The average Bonchev–Trinajstić information content (AvgIpc) is 2.71. The first-order chi connectivity index (χ1) is 9.81. The largest absolute Gasteiger partial charge is 0.305 e. The van der Waals surface area contributed by atoms with Gasteiger partial charge in [0.1, 0.15) is 11.5 Å². The van der Waals surface area contributed by atoms with E-state index in [4.69, 9.17) is 0 Å². The first-order valence-corrected chi connectivity index (χ1v) is 7.10. The number of hydrogen-bond donors (Lipinski definition) is 0. The lowest BCUT2D eigenvalue weighted by Crippen LogP contribution is -2.27. The highest BCUT2D eigenvalue weighted by atomic mass is 32.2. The standard InChI is InChI=1S/C13H13FN2O4S/c1-7-10(14)3-4-11(16(19)20)13(7)15-6-9(5-12(15)18)21-8(2)17/h3-4,9H,5-6H2,1-2H3. The number of anilines is 1. The molecular weight excluding hydrogens is 299 g/mol. The maximum atomic E-state index is 13.7. The molecule has 0 spiro atoms. The molecule has 1 aromatic carbocycles. The molecule has 112 valence electrons. The Morgan fingerprint density at radius 2 is 2.19 bits per heavy atom. The average molecular weight is 312 g/mol. The van der Waals surface area contributed by atoms with E-state index in [1.54, 1.807) is 0 Å². The summed E-state index contributed by atoms with van der Waals surface area (Å²) in [5.74, 6) is -0.948. The van der Waals surface area contributed by atoms with Crippen molar-refractivity contribution in [3.05, 3.63) is 33.6 Å². The van der Waals surface area contributed by atoms with Crippen molar-refractivity contribution < 1.29 is 18.9 Å². The molecule has 1 unspecified atom stereocenters. The third-order valence-electron chi connectivity index (χ3n) is 3.23. The van der Waals surface area contributed by atoms with Gasteiger partial charge in [0.25, 0.3) is 5.69 Å². The predicted octanol–water partition coefficient (Wildman–Crippen LogP) is 2.43. The van der Waals surface area contributed by atoms with Gasteiger partial charge >= 0.3 is 0 Å². The smallest absolute Gasteiger partial charge is 0.293 e. The van der Waals surface area contributed by atoms with Crippen LogP contribution in [0.15, 0.2) is 12.1 Å². The SMILES string of the molecule is CC(=O)SC1CC(=O)N(c2c([N+](=O)[O-])ccc(F)c2C)C1. The second-order valence-electron chi connectivity index (χ2n) is 4.74. The van der Waals surface area contributed by atoms with Crippen LogP contribution in [0.2, 0.25) is 0 Å².